The molecular weight excluding hydrogens is 392 g/mol. The van der Waals surface area contributed by atoms with Crippen LogP contribution in [0.2, 0.25) is 5.02 Å². The Labute approximate surface area is 183 Å². The number of halogens is 1. The van der Waals surface area contributed by atoms with Crippen LogP contribution in [0.4, 0.5) is 0 Å². The fraction of sp³-hybridized carbons (Fsp3) is 0.269. The van der Waals surface area contributed by atoms with Crippen LogP contribution in [-0.2, 0) is 24.3 Å². The molecule has 1 saturated carbocycles. The van der Waals surface area contributed by atoms with Gasteiger partial charge in [-0.05, 0) is 47.6 Å². The molecule has 0 radical (unpaired) electrons. The summed E-state index contributed by atoms with van der Waals surface area (Å²) >= 11 is 6.06. The molecule has 0 unspecified atom stereocenters. The van der Waals surface area contributed by atoms with Gasteiger partial charge in [-0.15, -0.1) is 0 Å². The summed E-state index contributed by atoms with van der Waals surface area (Å²) in [5.74, 6) is 0.0914. The monoisotopic (exact) mass is 418 g/mol. The van der Waals surface area contributed by atoms with Gasteiger partial charge in [0.25, 0.3) is 0 Å². The molecule has 0 heterocycles. The number of nitrogens with zero attached hydrogens (tertiary/aromatic N) is 1. The van der Waals surface area contributed by atoms with Crippen molar-refractivity contribution in [2.24, 2.45) is 17.1 Å². The molecule has 1 fully saturated rings. The molecule has 3 aromatic rings. The molecule has 154 valence electrons. The van der Waals surface area contributed by atoms with Crippen LogP contribution in [0.25, 0.3) is 0 Å². The fourth-order valence-electron chi connectivity index (χ4n) is 4.37. The number of amides is 1. The zero-order valence-corrected chi connectivity index (χ0v) is 17.8. The Hall–Kier alpha value is -2.62. The third kappa shape index (κ3) is 4.92. The molecule has 3 nitrogen and oxygen atoms in total. The molecule has 1 amide bonds. The zero-order valence-electron chi connectivity index (χ0n) is 17.0. The highest BCUT2D eigenvalue weighted by Gasteiger charge is 2.58. The second kappa shape index (κ2) is 9.03. The van der Waals surface area contributed by atoms with Gasteiger partial charge in [-0.1, -0.05) is 84.4 Å². The van der Waals surface area contributed by atoms with E-state index in [0.717, 1.165) is 31.1 Å². The lowest BCUT2D eigenvalue weighted by Crippen LogP contribution is -2.33. The smallest absolute Gasteiger partial charge is 0.224 e. The molecular formula is C26H27ClN2O. The van der Waals surface area contributed by atoms with Gasteiger partial charge < -0.3 is 5.73 Å². The number of rotatable bonds is 9. The third-order valence-electron chi connectivity index (χ3n) is 6.13. The van der Waals surface area contributed by atoms with E-state index in [1.807, 2.05) is 36.4 Å². The van der Waals surface area contributed by atoms with Crippen molar-refractivity contribution in [3.05, 3.63) is 107 Å². The second-order valence-electron chi connectivity index (χ2n) is 8.37. The maximum Gasteiger partial charge on any atom is 0.224 e. The predicted molar refractivity (Wildman–Crippen MR) is 122 cm³/mol. The average Bonchev–Trinajstić information content (AvgIpc) is 3.44. The van der Waals surface area contributed by atoms with Gasteiger partial charge in [0, 0.05) is 24.7 Å². The molecule has 0 saturated heterocycles. The van der Waals surface area contributed by atoms with Crippen LogP contribution in [0.1, 0.15) is 23.1 Å². The molecule has 0 aliphatic heterocycles. The first-order valence-corrected chi connectivity index (χ1v) is 10.8. The maximum absolute atomic E-state index is 12.4. The van der Waals surface area contributed by atoms with Crippen molar-refractivity contribution < 1.29 is 4.79 Å². The first-order chi connectivity index (χ1) is 14.5. The number of nitrogens with two attached hydrogens (primary N) is 1. The van der Waals surface area contributed by atoms with Crippen LogP contribution in [0.15, 0.2) is 84.9 Å². The number of hydrogen-bond donors (Lipinski definition) is 1. The summed E-state index contributed by atoms with van der Waals surface area (Å²) in [6.45, 7) is 2.48. The Bertz CT molecular complexity index is 975. The van der Waals surface area contributed by atoms with Crippen LogP contribution in [0.3, 0.4) is 0 Å². The molecule has 3 aromatic carbocycles. The Morgan fingerprint density at radius 3 is 1.97 bits per heavy atom. The normalized spacial score (nSPS) is 20.3. The lowest BCUT2D eigenvalue weighted by molar-refractivity contribution is -0.123. The molecule has 4 rings (SSSR count). The van der Waals surface area contributed by atoms with Crippen LogP contribution >= 0.6 is 11.6 Å². The molecule has 1 aliphatic rings. The standard InChI is InChI=1S/C26H27ClN2O/c27-24-13-11-22(12-14-24)18-29(17-21-9-5-2-6-10-21)19-23-16-26(23,25(28)30)15-20-7-3-1-4-8-20/h1-14,23H,15-19H2,(H2,28,30)/t23-,26+/m0/s1. The van der Waals surface area contributed by atoms with E-state index in [-0.39, 0.29) is 11.8 Å². The number of benzene rings is 3. The van der Waals surface area contributed by atoms with E-state index in [4.69, 9.17) is 17.3 Å². The van der Waals surface area contributed by atoms with Gasteiger partial charge in [0.2, 0.25) is 5.91 Å². The summed E-state index contributed by atoms with van der Waals surface area (Å²) in [7, 11) is 0. The van der Waals surface area contributed by atoms with E-state index >= 15 is 0 Å². The number of hydrogen-bond acceptors (Lipinski definition) is 2. The largest absolute Gasteiger partial charge is 0.369 e. The van der Waals surface area contributed by atoms with Crippen molar-refractivity contribution in [3.8, 4) is 0 Å². The fourth-order valence-corrected chi connectivity index (χ4v) is 4.50. The molecule has 0 bridgehead atoms. The minimum Gasteiger partial charge on any atom is -0.369 e. The molecule has 30 heavy (non-hydrogen) atoms. The van der Waals surface area contributed by atoms with Gasteiger partial charge >= 0.3 is 0 Å². The summed E-state index contributed by atoms with van der Waals surface area (Å²) in [5.41, 5.74) is 9.11. The maximum atomic E-state index is 12.4. The van der Waals surface area contributed by atoms with E-state index in [1.165, 1.54) is 16.7 Å². The van der Waals surface area contributed by atoms with Crippen LogP contribution in [-0.4, -0.2) is 17.4 Å². The Morgan fingerprint density at radius 1 is 0.867 bits per heavy atom. The van der Waals surface area contributed by atoms with Gasteiger partial charge in [-0.2, -0.15) is 0 Å². The molecule has 0 aromatic heterocycles. The Balaban J connectivity index is 1.50. The summed E-state index contributed by atoms with van der Waals surface area (Å²) in [5, 5.41) is 0.742. The highest BCUT2D eigenvalue weighted by molar-refractivity contribution is 6.30. The van der Waals surface area contributed by atoms with Crippen LogP contribution in [0.5, 0.6) is 0 Å². The van der Waals surface area contributed by atoms with E-state index in [0.29, 0.717) is 6.42 Å². The number of carbonyl (C=O) groups is 1. The second-order valence-corrected chi connectivity index (χ2v) is 8.80. The quantitative estimate of drug-likeness (QED) is 0.527. The van der Waals surface area contributed by atoms with Crippen LogP contribution in [0, 0.1) is 11.3 Å². The highest BCUT2D eigenvalue weighted by atomic mass is 35.5. The van der Waals surface area contributed by atoms with Gasteiger partial charge in [0.1, 0.15) is 0 Å². The molecule has 2 N–H and O–H groups in total. The topological polar surface area (TPSA) is 46.3 Å². The molecule has 0 spiro atoms. The van der Waals surface area contributed by atoms with Crippen molar-refractivity contribution in [2.75, 3.05) is 6.54 Å². The van der Waals surface area contributed by atoms with Crippen LogP contribution < -0.4 is 5.73 Å². The Kier molecular flexibility index (Phi) is 6.21. The number of carbonyl (C=O) groups excluding carboxylic acids is 1. The first kappa shape index (κ1) is 20.6. The van der Waals surface area contributed by atoms with Crippen molar-refractivity contribution in [1.29, 1.82) is 0 Å². The molecule has 1 aliphatic carbocycles. The van der Waals surface area contributed by atoms with Gasteiger partial charge in [-0.25, -0.2) is 0 Å². The number of primary amides is 1. The molecule has 2 atom stereocenters. The summed E-state index contributed by atoms with van der Waals surface area (Å²) < 4.78 is 0. The SMILES string of the molecule is NC(=O)[C@]1(Cc2ccccc2)C[C@H]1CN(Cc1ccccc1)Cc1ccc(Cl)cc1. The van der Waals surface area contributed by atoms with Crippen molar-refractivity contribution in [2.45, 2.75) is 25.9 Å². The summed E-state index contributed by atoms with van der Waals surface area (Å²) in [6.07, 6.45) is 1.57. The highest BCUT2D eigenvalue weighted by Crippen LogP contribution is 2.55. The van der Waals surface area contributed by atoms with Crippen molar-refractivity contribution >= 4 is 17.5 Å². The Morgan fingerprint density at radius 2 is 1.40 bits per heavy atom. The lowest BCUT2D eigenvalue weighted by atomic mass is 9.93. The lowest BCUT2D eigenvalue weighted by Gasteiger charge is -2.24. The van der Waals surface area contributed by atoms with Gasteiger partial charge in [-0.3, -0.25) is 9.69 Å². The third-order valence-corrected chi connectivity index (χ3v) is 6.38. The minimum absolute atomic E-state index is 0.178. The van der Waals surface area contributed by atoms with E-state index in [9.17, 15) is 4.79 Å². The van der Waals surface area contributed by atoms with E-state index in [2.05, 4.69) is 53.4 Å². The predicted octanol–water partition coefficient (Wildman–Crippen LogP) is 5.08. The first-order valence-electron chi connectivity index (χ1n) is 10.4. The zero-order chi connectivity index (χ0) is 21.0. The summed E-state index contributed by atoms with van der Waals surface area (Å²) in [4.78, 5) is 14.8. The van der Waals surface area contributed by atoms with Crippen molar-refractivity contribution in [3.63, 3.8) is 0 Å². The van der Waals surface area contributed by atoms with Gasteiger partial charge in [0.15, 0.2) is 0 Å². The van der Waals surface area contributed by atoms with Gasteiger partial charge in [0.05, 0.1) is 5.41 Å². The minimum atomic E-state index is -0.434. The molecule has 4 heteroatoms. The van der Waals surface area contributed by atoms with E-state index in [1.54, 1.807) is 0 Å². The average molecular weight is 419 g/mol. The van der Waals surface area contributed by atoms with Crippen molar-refractivity contribution in [1.82, 2.24) is 4.90 Å². The van der Waals surface area contributed by atoms with E-state index < -0.39 is 5.41 Å². The summed E-state index contributed by atoms with van der Waals surface area (Å²) in [6, 6.07) is 28.6.